The second-order valence-corrected chi connectivity index (χ2v) is 7.03. The number of rotatable bonds is 8. The van der Waals surface area contributed by atoms with Gasteiger partial charge in [-0.25, -0.2) is 9.37 Å². The molecule has 1 heterocycles. The molecule has 0 aliphatic heterocycles. The molecule has 0 unspecified atom stereocenters. The van der Waals surface area contributed by atoms with Crippen molar-refractivity contribution in [2.45, 2.75) is 20.3 Å². The lowest BCUT2D eigenvalue weighted by Gasteiger charge is -2.05. The van der Waals surface area contributed by atoms with Gasteiger partial charge in [-0.1, -0.05) is 8.93 Å². The Kier molecular flexibility index (Phi) is 6.77. The topological polar surface area (TPSA) is 56.5 Å². The van der Waals surface area contributed by atoms with Crippen molar-refractivity contribution in [1.82, 2.24) is 9.55 Å². The average molecular weight is 438 g/mol. The number of hydrogen-bond acceptors (Lipinski definition) is 5. The van der Waals surface area contributed by atoms with Gasteiger partial charge in [-0.15, -0.1) is 0 Å². The molecule has 5 nitrogen and oxygen atoms in total. The van der Waals surface area contributed by atoms with Crippen molar-refractivity contribution < 1.29 is 19.0 Å². The van der Waals surface area contributed by atoms with Gasteiger partial charge in [0.05, 0.1) is 12.3 Å². The third-order valence-electron chi connectivity index (χ3n) is 2.80. The minimum Gasteiger partial charge on any atom is -0.508 e. The quantitative estimate of drug-likeness (QED) is 0.504. The Morgan fingerprint density at radius 3 is 2.95 bits per heavy atom. The number of aryl methyl sites for hydroxylation is 1. The molecule has 0 fully saturated rings. The van der Waals surface area contributed by atoms with Gasteiger partial charge in [-0.05, 0) is 28.1 Å². The Morgan fingerprint density at radius 2 is 2.23 bits per heavy atom. The molecule has 22 heavy (non-hydrogen) atoms. The fourth-order valence-corrected chi connectivity index (χ4v) is 2.54. The fraction of sp³-hybridized carbons (Fsp3) is 0.357. The summed E-state index contributed by atoms with van der Waals surface area (Å²) >= 11 is 2.23. The number of phenolic OH excluding ortho intramolecular Hbond substituents is 1. The molecule has 0 amide bonds. The number of aromatic nitrogens is 2. The summed E-state index contributed by atoms with van der Waals surface area (Å²) in [5, 5.41) is 9.32. The van der Waals surface area contributed by atoms with Crippen molar-refractivity contribution >= 4 is 30.1 Å². The third kappa shape index (κ3) is 5.33. The van der Waals surface area contributed by atoms with Gasteiger partial charge in [-0.3, -0.25) is 0 Å². The van der Waals surface area contributed by atoms with E-state index in [1.54, 1.807) is 8.93 Å². The lowest BCUT2D eigenvalue weighted by molar-refractivity contribution is 0.0885. The fourth-order valence-electron chi connectivity index (χ4n) is 1.82. The number of nitrogens with zero attached hydrogens (tertiary/aromatic N) is 2. The first-order valence-electron chi connectivity index (χ1n) is 6.55. The number of ether oxygens (including phenoxy) is 2. The van der Waals surface area contributed by atoms with Crippen LogP contribution in [-0.4, -0.2) is 27.0 Å². The third-order valence-corrected chi connectivity index (χ3v) is 4.45. The first kappa shape index (κ1) is 17.4. The largest absolute Gasteiger partial charge is 0.508 e. The van der Waals surface area contributed by atoms with Gasteiger partial charge in [0.1, 0.15) is 36.5 Å². The van der Waals surface area contributed by atoms with Crippen molar-refractivity contribution in [2.24, 2.45) is 0 Å². The predicted octanol–water partition coefficient (Wildman–Crippen LogP) is 3.67. The van der Waals surface area contributed by atoms with Crippen LogP contribution >= 0.6 is 30.1 Å². The van der Waals surface area contributed by atoms with Gasteiger partial charge in [0.2, 0.25) is 0 Å². The second kappa shape index (κ2) is 8.59. The lowest BCUT2D eigenvalue weighted by atomic mass is 10.3. The van der Waals surface area contributed by atoms with Crippen LogP contribution in [0.15, 0.2) is 24.4 Å². The monoisotopic (exact) mass is 438 g/mol. The van der Waals surface area contributed by atoms with Crippen molar-refractivity contribution in [3.63, 3.8) is 0 Å². The zero-order chi connectivity index (χ0) is 15.9. The molecule has 8 heteroatoms. The summed E-state index contributed by atoms with van der Waals surface area (Å²) in [6.45, 7) is 3.20. The first-order chi connectivity index (χ1) is 10.6. The van der Waals surface area contributed by atoms with E-state index in [2.05, 4.69) is 26.2 Å². The molecule has 0 aliphatic carbocycles. The summed E-state index contributed by atoms with van der Waals surface area (Å²) in [5.41, 5.74) is 0.716. The number of imidazole rings is 1. The Labute approximate surface area is 144 Å². The molecule has 1 N–H and O–H groups in total. The van der Waals surface area contributed by atoms with Crippen LogP contribution in [0.5, 0.6) is 11.5 Å². The van der Waals surface area contributed by atoms with Gasteiger partial charge in [0.15, 0.2) is 0 Å². The molecule has 0 atom stereocenters. The van der Waals surface area contributed by atoms with Crippen LogP contribution < -0.4 is 4.74 Å². The van der Waals surface area contributed by atoms with E-state index in [9.17, 15) is 9.50 Å². The normalized spacial score (nSPS) is 10.9. The molecular formula is C14H16FIN2O3S. The molecule has 2 aromatic rings. The summed E-state index contributed by atoms with van der Waals surface area (Å²) in [6, 6.07) is 3.60. The number of phenols is 1. The van der Waals surface area contributed by atoms with Gasteiger partial charge in [-0.2, -0.15) is 0 Å². The Balaban J connectivity index is 1.90. The van der Waals surface area contributed by atoms with Crippen molar-refractivity contribution in [2.75, 3.05) is 12.4 Å². The Bertz CT molecular complexity index is 604. The number of halogens is 2. The van der Waals surface area contributed by atoms with E-state index in [4.69, 9.17) is 9.47 Å². The van der Waals surface area contributed by atoms with E-state index in [-0.39, 0.29) is 18.1 Å². The zero-order valence-corrected chi connectivity index (χ0v) is 14.9. The van der Waals surface area contributed by atoms with Crippen LogP contribution in [0.4, 0.5) is 4.39 Å². The molecule has 1 aromatic carbocycles. The zero-order valence-electron chi connectivity index (χ0n) is 12.0. The maximum atomic E-state index is 13.1. The summed E-state index contributed by atoms with van der Waals surface area (Å²) in [4.78, 5) is 4.36. The summed E-state index contributed by atoms with van der Waals surface area (Å²) in [5.74, 6) is 1.31. The summed E-state index contributed by atoms with van der Waals surface area (Å²) < 4.78 is 26.0. The van der Waals surface area contributed by atoms with Gasteiger partial charge in [0.25, 0.3) is 0 Å². The second-order valence-electron chi connectivity index (χ2n) is 4.53. The average Bonchev–Trinajstić information content (AvgIpc) is 2.81. The van der Waals surface area contributed by atoms with Crippen molar-refractivity contribution in [1.29, 1.82) is 0 Å². The van der Waals surface area contributed by atoms with E-state index < -0.39 is 5.82 Å². The van der Waals surface area contributed by atoms with E-state index >= 15 is 0 Å². The van der Waals surface area contributed by atoms with Gasteiger partial charge in [0, 0.05) is 30.1 Å². The maximum absolute atomic E-state index is 13.1. The maximum Gasteiger partial charge on any atom is 0.132 e. The molecule has 120 valence electrons. The Morgan fingerprint density at radius 1 is 1.41 bits per heavy atom. The molecule has 2 rings (SSSR count). The van der Waals surface area contributed by atoms with Gasteiger partial charge < -0.3 is 19.1 Å². The highest BCUT2D eigenvalue weighted by Gasteiger charge is 2.06. The first-order valence-corrected chi connectivity index (χ1v) is 10.1. The molecule has 0 radical (unpaired) electrons. The minimum atomic E-state index is -0.543. The van der Waals surface area contributed by atoms with Crippen molar-refractivity contribution in [3.05, 3.63) is 41.7 Å². The summed E-state index contributed by atoms with van der Waals surface area (Å²) in [6.07, 6.45) is 1.84. The highest BCUT2D eigenvalue weighted by Crippen LogP contribution is 2.21. The van der Waals surface area contributed by atoms with Crippen LogP contribution in [0.1, 0.15) is 11.5 Å². The molecule has 0 bridgehead atoms. The van der Waals surface area contributed by atoms with Crippen LogP contribution in [-0.2, 0) is 18.1 Å². The number of benzene rings is 1. The lowest BCUT2D eigenvalue weighted by Crippen LogP contribution is -2.05. The van der Waals surface area contributed by atoms with E-state index in [0.29, 0.717) is 19.0 Å². The molecule has 0 aliphatic rings. The van der Waals surface area contributed by atoms with E-state index in [0.717, 1.165) is 17.6 Å². The van der Waals surface area contributed by atoms with Crippen LogP contribution in [0, 0.1) is 12.7 Å². The van der Waals surface area contributed by atoms with Crippen LogP contribution in [0.3, 0.4) is 0 Å². The molecule has 0 spiro atoms. The van der Waals surface area contributed by atoms with Gasteiger partial charge >= 0.3 is 0 Å². The van der Waals surface area contributed by atoms with E-state index in [1.807, 2.05) is 17.7 Å². The Hall–Kier alpha value is -1.00. The molecule has 0 saturated carbocycles. The number of aromatic hydroxyl groups is 1. The number of hydrogen-bond donors (Lipinski definition) is 1. The predicted molar refractivity (Wildman–Crippen MR) is 91.8 cm³/mol. The highest BCUT2D eigenvalue weighted by atomic mass is 127. The smallest absolute Gasteiger partial charge is 0.132 e. The highest BCUT2D eigenvalue weighted by molar-refractivity contribution is 14.2. The molecule has 1 aromatic heterocycles. The van der Waals surface area contributed by atoms with Crippen molar-refractivity contribution in [3.8, 4) is 11.5 Å². The van der Waals surface area contributed by atoms with E-state index in [1.165, 1.54) is 12.1 Å². The SMILES string of the molecule is Cc1nc(COc2cc(O)cc(F)c2)cn1COCCSI. The summed E-state index contributed by atoms with van der Waals surface area (Å²) in [7, 11) is 1.70. The minimum absolute atomic E-state index is 0.168. The van der Waals surface area contributed by atoms with Crippen LogP contribution in [0.2, 0.25) is 0 Å². The standard InChI is InChI=1S/C14H16FIN2O3S/c1-10-17-12(7-18(10)9-20-2-3-22-16)8-21-14-5-11(15)4-13(19)6-14/h4-7,19H,2-3,8-9H2,1H3. The molecular weight excluding hydrogens is 422 g/mol. The molecule has 0 saturated heterocycles. The van der Waals surface area contributed by atoms with Crippen LogP contribution in [0.25, 0.3) is 0 Å².